The molecule has 1 amide bonds. The molecule has 0 spiro atoms. The second-order valence-corrected chi connectivity index (χ2v) is 7.90. The normalized spacial score (nSPS) is 16.8. The van der Waals surface area contributed by atoms with E-state index >= 15 is 0 Å². The lowest BCUT2D eigenvalue weighted by molar-refractivity contribution is -0.144. The molecule has 2 N–H and O–H groups in total. The molecule has 1 aromatic carbocycles. The fourth-order valence-corrected chi connectivity index (χ4v) is 3.45. The van der Waals surface area contributed by atoms with Crippen LogP contribution in [0.2, 0.25) is 0 Å². The largest absolute Gasteiger partial charge is 0.497 e. The van der Waals surface area contributed by atoms with Gasteiger partial charge < -0.3 is 24.5 Å². The molecular formula is C20H27N3O5. The number of carboxylic acid groups (broad SMARTS) is 1. The second-order valence-electron chi connectivity index (χ2n) is 7.90. The molecule has 0 radical (unpaired) electrons. The number of aromatic nitrogens is 1. The fourth-order valence-electron chi connectivity index (χ4n) is 3.45. The highest BCUT2D eigenvalue weighted by molar-refractivity contribution is 5.90. The highest BCUT2D eigenvalue weighted by Gasteiger charge is 2.34. The standard InChI is InChI=1S/C20H27N3O5/c1-20(2,3)28-19(26)23-9-7-22(8-10-23)17(18(24)25)15-12-21-16-6-5-13(27-4)11-14(15)16/h5-6,11-12,17,21H,7-10H2,1-4H3,(H,24,25)/t17-/m1/s1. The Bertz CT molecular complexity index is 862. The van der Waals surface area contributed by atoms with Gasteiger partial charge in [0.15, 0.2) is 0 Å². The lowest BCUT2D eigenvalue weighted by Crippen LogP contribution is -2.51. The summed E-state index contributed by atoms with van der Waals surface area (Å²) in [6.07, 6.45) is 1.37. The van der Waals surface area contributed by atoms with Gasteiger partial charge in [-0.05, 0) is 39.0 Å². The third kappa shape index (κ3) is 4.22. The number of H-pyrrole nitrogens is 1. The Balaban J connectivity index is 1.78. The molecule has 0 aliphatic carbocycles. The van der Waals surface area contributed by atoms with E-state index in [1.54, 1.807) is 18.2 Å². The molecule has 0 bridgehead atoms. The van der Waals surface area contributed by atoms with E-state index in [2.05, 4.69) is 4.98 Å². The number of rotatable bonds is 4. The van der Waals surface area contributed by atoms with Crippen LogP contribution in [0, 0.1) is 0 Å². The summed E-state index contributed by atoms with van der Waals surface area (Å²) in [5.74, 6) is -0.248. The molecule has 1 saturated heterocycles. The number of fused-ring (bicyclic) bond motifs is 1. The number of ether oxygens (including phenoxy) is 2. The molecule has 2 heterocycles. The van der Waals surface area contributed by atoms with E-state index in [0.29, 0.717) is 37.5 Å². The molecule has 8 heteroatoms. The zero-order valence-corrected chi connectivity index (χ0v) is 16.7. The maximum Gasteiger partial charge on any atom is 0.410 e. The second kappa shape index (κ2) is 7.71. The number of aromatic amines is 1. The van der Waals surface area contributed by atoms with Crippen LogP contribution in [0.3, 0.4) is 0 Å². The van der Waals surface area contributed by atoms with Crippen molar-refractivity contribution < 1.29 is 24.2 Å². The van der Waals surface area contributed by atoms with Gasteiger partial charge in [0.2, 0.25) is 0 Å². The molecule has 1 aliphatic heterocycles. The van der Waals surface area contributed by atoms with Gasteiger partial charge in [-0.15, -0.1) is 0 Å². The van der Waals surface area contributed by atoms with Gasteiger partial charge in [-0.1, -0.05) is 0 Å². The van der Waals surface area contributed by atoms with E-state index in [-0.39, 0.29) is 6.09 Å². The molecule has 8 nitrogen and oxygen atoms in total. The van der Waals surface area contributed by atoms with Crippen LogP contribution in [0.4, 0.5) is 4.79 Å². The summed E-state index contributed by atoms with van der Waals surface area (Å²) in [6.45, 7) is 7.22. The molecular weight excluding hydrogens is 362 g/mol. The van der Waals surface area contributed by atoms with E-state index in [1.807, 2.05) is 43.9 Å². The Morgan fingerprint density at radius 2 is 1.86 bits per heavy atom. The molecule has 152 valence electrons. The number of hydrogen-bond donors (Lipinski definition) is 2. The van der Waals surface area contributed by atoms with Crippen LogP contribution in [-0.4, -0.2) is 70.8 Å². The SMILES string of the molecule is COc1ccc2[nH]cc([C@H](C(=O)O)N3CCN(C(=O)OC(C)(C)C)CC3)c2c1. The number of amides is 1. The quantitative estimate of drug-likeness (QED) is 0.835. The van der Waals surface area contributed by atoms with Crippen molar-refractivity contribution in [3.63, 3.8) is 0 Å². The van der Waals surface area contributed by atoms with E-state index in [1.165, 1.54) is 0 Å². The first-order valence-corrected chi connectivity index (χ1v) is 9.29. The van der Waals surface area contributed by atoms with Crippen molar-refractivity contribution in [3.05, 3.63) is 30.0 Å². The van der Waals surface area contributed by atoms with Gasteiger partial charge in [0.1, 0.15) is 17.4 Å². The Morgan fingerprint density at radius 3 is 2.43 bits per heavy atom. The maximum atomic E-state index is 12.2. The van der Waals surface area contributed by atoms with Gasteiger partial charge in [0, 0.05) is 48.8 Å². The van der Waals surface area contributed by atoms with Gasteiger partial charge >= 0.3 is 12.1 Å². The van der Waals surface area contributed by atoms with Gasteiger partial charge in [-0.25, -0.2) is 4.79 Å². The van der Waals surface area contributed by atoms with Gasteiger partial charge in [0.25, 0.3) is 0 Å². The summed E-state index contributed by atoms with van der Waals surface area (Å²) >= 11 is 0. The van der Waals surface area contributed by atoms with Crippen molar-refractivity contribution in [2.24, 2.45) is 0 Å². The number of methoxy groups -OCH3 is 1. The van der Waals surface area contributed by atoms with Crippen LogP contribution in [-0.2, 0) is 9.53 Å². The minimum Gasteiger partial charge on any atom is -0.497 e. The van der Waals surface area contributed by atoms with Gasteiger partial charge in [-0.2, -0.15) is 0 Å². The Hall–Kier alpha value is -2.74. The zero-order valence-electron chi connectivity index (χ0n) is 16.7. The Labute approximate surface area is 164 Å². The van der Waals surface area contributed by atoms with Crippen LogP contribution in [0.25, 0.3) is 10.9 Å². The fraction of sp³-hybridized carbons (Fsp3) is 0.500. The minimum absolute atomic E-state index is 0.365. The number of piperazine rings is 1. The number of nitrogens with zero attached hydrogens (tertiary/aromatic N) is 2. The smallest absolute Gasteiger partial charge is 0.410 e. The lowest BCUT2D eigenvalue weighted by atomic mass is 10.0. The van der Waals surface area contributed by atoms with Crippen molar-refractivity contribution in [1.29, 1.82) is 0 Å². The van der Waals surface area contributed by atoms with Crippen molar-refractivity contribution in [1.82, 2.24) is 14.8 Å². The molecule has 1 fully saturated rings. The third-order valence-corrected chi connectivity index (χ3v) is 4.78. The summed E-state index contributed by atoms with van der Waals surface area (Å²) in [6, 6.07) is 4.74. The Morgan fingerprint density at radius 1 is 1.18 bits per heavy atom. The first-order valence-electron chi connectivity index (χ1n) is 9.29. The number of hydrogen-bond acceptors (Lipinski definition) is 5. The molecule has 1 aliphatic rings. The molecule has 28 heavy (non-hydrogen) atoms. The average molecular weight is 389 g/mol. The van der Waals surface area contributed by atoms with Crippen LogP contribution >= 0.6 is 0 Å². The topological polar surface area (TPSA) is 95.1 Å². The van der Waals surface area contributed by atoms with Crippen LogP contribution in [0.5, 0.6) is 5.75 Å². The lowest BCUT2D eigenvalue weighted by Gasteiger charge is -2.38. The number of carbonyl (C=O) groups is 2. The summed E-state index contributed by atoms with van der Waals surface area (Å²) in [4.78, 5) is 31.0. The summed E-state index contributed by atoms with van der Waals surface area (Å²) in [5.41, 5.74) is 0.988. The minimum atomic E-state index is -0.922. The molecule has 2 aromatic rings. The number of carbonyl (C=O) groups excluding carboxylic acids is 1. The van der Waals surface area contributed by atoms with E-state index in [9.17, 15) is 14.7 Å². The molecule has 1 aromatic heterocycles. The van der Waals surface area contributed by atoms with Gasteiger partial charge in [-0.3, -0.25) is 9.69 Å². The van der Waals surface area contributed by atoms with Crippen molar-refractivity contribution in [2.75, 3.05) is 33.3 Å². The summed E-state index contributed by atoms with van der Waals surface area (Å²) < 4.78 is 10.7. The number of nitrogens with one attached hydrogen (secondary N) is 1. The number of benzene rings is 1. The van der Waals surface area contributed by atoms with Crippen LogP contribution < -0.4 is 4.74 Å². The predicted octanol–water partition coefficient (Wildman–Crippen LogP) is 2.85. The van der Waals surface area contributed by atoms with Crippen LogP contribution in [0.1, 0.15) is 32.4 Å². The molecule has 0 unspecified atom stereocenters. The van der Waals surface area contributed by atoms with E-state index in [4.69, 9.17) is 9.47 Å². The molecule has 1 atom stereocenters. The maximum absolute atomic E-state index is 12.2. The van der Waals surface area contributed by atoms with Crippen molar-refractivity contribution in [2.45, 2.75) is 32.4 Å². The first kappa shape index (κ1) is 20.0. The first-order chi connectivity index (χ1) is 13.2. The highest BCUT2D eigenvalue weighted by Crippen LogP contribution is 2.32. The highest BCUT2D eigenvalue weighted by atomic mass is 16.6. The molecule has 0 saturated carbocycles. The third-order valence-electron chi connectivity index (χ3n) is 4.78. The van der Waals surface area contributed by atoms with Crippen LogP contribution in [0.15, 0.2) is 24.4 Å². The van der Waals surface area contributed by atoms with E-state index in [0.717, 1.165) is 10.9 Å². The average Bonchev–Trinajstić information content (AvgIpc) is 3.03. The number of carboxylic acids is 1. The van der Waals surface area contributed by atoms with E-state index < -0.39 is 17.6 Å². The molecule has 3 rings (SSSR count). The summed E-state index contributed by atoms with van der Waals surface area (Å²) in [5, 5.41) is 10.7. The zero-order chi connectivity index (χ0) is 20.5. The van der Waals surface area contributed by atoms with Gasteiger partial charge in [0.05, 0.1) is 7.11 Å². The Kier molecular flexibility index (Phi) is 5.51. The number of aliphatic carboxylic acids is 1. The van der Waals surface area contributed by atoms with Crippen molar-refractivity contribution in [3.8, 4) is 5.75 Å². The summed E-state index contributed by atoms with van der Waals surface area (Å²) in [7, 11) is 1.58. The monoisotopic (exact) mass is 389 g/mol. The van der Waals surface area contributed by atoms with Crippen molar-refractivity contribution >= 4 is 23.0 Å². The predicted molar refractivity (Wildman–Crippen MR) is 105 cm³/mol.